The second kappa shape index (κ2) is 10.0. The monoisotopic (exact) mass is 331 g/mol. The Morgan fingerprint density at radius 2 is 1.64 bits per heavy atom. The summed E-state index contributed by atoms with van der Waals surface area (Å²) in [5, 5.41) is 9.25. The van der Waals surface area contributed by atoms with Crippen LogP contribution in [0.5, 0.6) is 5.75 Å². The molecule has 124 valence electrons. The van der Waals surface area contributed by atoms with Gasteiger partial charge in [-0.3, -0.25) is 9.59 Å². The van der Waals surface area contributed by atoms with E-state index in [0.717, 1.165) is 5.56 Å². The second-order valence-corrected chi connectivity index (χ2v) is 4.80. The van der Waals surface area contributed by atoms with Gasteiger partial charge in [0.05, 0.1) is 20.1 Å². The van der Waals surface area contributed by atoms with Gasteiger partial charge in [0.2, 0.25) is 0 Å². The molecule has 2 atom stereocenters. The molecule has 22 heavy (non-hydrogen) atoms. The summed E-state index contributed by atoms with van der Waals surface area (Å²) in [6, 6.07) is 5.85. The fourth-order valence-electron chi connectivity index (χ4n) is 2.04. The number of esters is 2. The average molecular weight is 332 g/mol. The van der Waals surface area contributed by atoms with Gasteiger partial charge >= 0.3 is 11.9 Å². The third-order valence-electron chi connectivity index (χ3n) is 3.28. The van der Waals surface area contributed by atoms with Crippen molar-refractivity contribution < 1.29 is 24.2 Å². The van der Waals surface area contributed by atoms with E-state index in [1.54, 1.807) is 24.3 Å². The lowest BCUT2D eigenvalue weighted by Crippen LogP contribution is -2.33. The van der Waals surface area contributed by atoms with Crippen LogP contribution in [-0.4, -0.2) is 37.3 Å². The largest absolute Gasteiger partial charge is 0.508 e. The first-order valence-electron chi connectivity index (χ1n) is 6.67. The Labute approximate surface area is 136 Å². The van der Waals surface area contributed by atoms with Gasteiger partial charge in [0.15, 0.2) is 0 Å². The van der Waals surface area contributed by atoms with Crippen molar-refractivity contribution in [2.75, 3.05) is 14.2 Å². The van der Waals surface area contributed by atoms with Gasteiger partial charge in [-0.1, -0.05) is 12.1 Å². The molecule has 0 fully saturated rings. The first kappa shape index (κ1) is 20.2. The van der Waals surface area contributed by atoms with Crippen LogP contribution in [0.15, 0.2) is 24.3 Å². The molecular weight excluding hydrogens is 310 g/mol. The fraction of sp³-hybridized carbons (Fsp3) is 0.467. The molecule has 1 rings (SSSR count). The zero-order valence-electron chi connectivity index (χ0n) is 12.7. The average Bonchev–Trinajstić information content (AvgIpc) is 2.51. The number of phenols is 1. The van der Waals surface area contributed by atoms with E-state index in [4.69, 9.17) is 10.5 Å². The predicted molar refractivity (Wildman–Crippen MR) is 83.8 cm³/mol. The molecule has 0 bridgehead atoms. The van der Waals surface area contributed by atoms with Gasteiger partial charge in [-0.2, -0.15) is 0 Å². The van der Waals surface area contributed by atoms with Gasteiger partial charge in [0.25, 0.3) is 0 Å². The molecule has 0 aliphatic rings. The summed E-state index contributed by atoms with van der Waals surface area (Å²) in [4.78, 5) is 23.1. The van der Waals surface area contributed by atoms with Crippen molar-refractivity contribution in [3.8, 4) is 5.75 Å². The maximum atomic E-state index is 11.8. The maximum absolute atomic E-state index is 11.8. The third kappa shape index (κ3) is 6.32. The lowest BCUT2D eigenvalue weighted by molar-refractivity contribution is -0.147. The molecule has 1 unspecified atom stereocenters. The van der Waals surface area contributed by atoms with E-state index in [0.29, 0.717) is 19.3 Å². The van der Waals surface area contributed by atoms with Gasteiger partial charge in [-0.25, -0.2) is 0 Å². The Hall–Kier alpha value is -1.79. The maximum Gasteiger partial charge on any atom is 0.322 e. The zero-order valence-corrected chi connectivity index (χ0v) is 13.5. The molecule has 7 heteroatoms. The highest BCUT2D eigenvalue weighted by molar-refractivity contribution is 5.85. The SMILES string of the molecule is COC(=O)C(CC[C@H](N)C(=O)OC)Cc1ccc(O)cc1.Cl. The molecule has 0 spiro atoms. The minimum atomic E-state index is -0.748. The van der Waals surface area contributed by atoms with Gasteiger partial charge < -0.3 is 20.3 Å². The van der Waals surface area contributed by atoms with E-state index >= 15 is 0 Å². The summed E-state index contributed by atoms with van der Waals surface area (Å²) in [6.07, 6.45) is 1.22. The van der Waals surface area contributed by atoms with Crippen LogP contribution >= 0.6 is 12.4 Å². The van der Waals surface area contributed by atoms with Gasteiger partial charge in [-0.15, -0.1) is 12.4 Å². The standard InChI is InChI=1S/C15H21NO5.ClH/c1-20-14(18)11(5-8-13(16)15(19)21-2)9-10-3-6-12(17)7-4-10;/h3-4,6-7,11,13,17H,5,8-9,16H2,1-2H3;1H/t11?,13-;/m0./s1. The molecule has 0 saturated heterocycles. The number of rotatable bonds is 7. The topological polar surface area (TPSA) is 98.9 Å². The highest BCUT2D eigenvalue weighted by Gasteiger charge is 2.23. The summed E-state index contributed by atoms with van der Waals surface area (Å²) in [6.45, 7) is 0. The molecular formula is C15H22ClNO5. The molecule has 0 aromatic heterocycles. The molecule has 1 aromatic rings. The number of halogens is 1. The molecule has 3 N–H and O–H groups in total. The Bertz CT molecular complexity index is 477. The number of benzene rings is 1. The van der Waals surface area contributed by atoms with Crippen LogP contribution in [0, 0.1) is 5.92 Å². The lowest BCUT2D eigenvalue weighted by Gasteiger charge is -2.16. The predicted octanol–water partition coefficient (Wildman–Crippen LogP) is 1.43. The van der Waals surface area contributed by atoms with Gasteiger partial charge in [-0.05, 0) is 37.0 Å². The molecule has 0 heterocycles. The summed E-state index contributed by atoms with van der Waals surface area (Å²) >= 11 is 0. The number of aromatic hydroxyl groups is 1. The second-order valence-electron chi connectivity index (χ2n) is 4.80. The zero-order chi connectivity index (χ0) is 15.8. The normalized spacial score (nSPS) is 12.7. The highest BCUT2D eigenvalue weighted by Crippen LogP contribution is 2.19. The number of carbonyl (C=O) groups excluding carboxylic acids is 2. The molecule has 1 aromatic carbocycles. The summed E-state index contributed by atoms with van der Waals surface area (Å²) < 4.78 is 9.34. The summed E-state index contributed by atoms with van der Waals surface area (Å²) in [5.41, 5.74) is 6.57. The molecule has 0 amide bonds. The first-order valence-corrected chi connectivity index (χ1v) is 6.67. The van der Waals surface area contributed by atoms with E-state index < -0.39 is 17.9 Å². The Morgan fingerprint density at radius 3 is 2.14 bits per heavy atom. The van der Waals surface area contributed by atoms with E-state index in [-0.39, 0.29) is 24.1 Å². The van der Waals surface area contributed by atoms with E-state index in [2.05, 4.69) is 4.74 Å². The van der Waals surface area contributed by atoms with Crippen LogP contribution in [0.3, 0.4) is 0 Å². The highest BCUT2D eigenvalue weighted by atomic mass is 35.5. The number of hydrogen-bond acceptors (Lipinski definition) is 6. The van der Waals surface area contributed by atoms with Crippen molar-refractivity contribution in [3.63, 3.8) is 0 Å². The van der Waals surface area contributed by atoms with Crippen molar-refractivity contribution in [1.82, 2.24) is 0 Å². The molecule has 0 aliphatic carbocycles. The molecule has 0 radical (unpaired) electrons. The van der Waals surface area contributed by atoms with Crippen LogP contribution in [0.1, 0.15) is 18.4 Å². The Morgan fingerprint density at radius 1 is 1.09 bits per heavy atom. The van der Waals surface area contributed by atoms with Crippen molar-refractivity contribution in [1.29, 1.82) is 0 Å². The van der Waals surface area contributed by atoms with Gasteiger partial charge in [0, 0.05) is 0 Å². The number of methoxy groups -OCH3 is 2. The summed E-state index contributed by atoms with van der Waals surface area (Å²) in [7, 11) is 2.60. The first-order chi connectivity index (χ1) is 9.97. The van der Waals surface area contributed by atoms with Crippen molar-refractivity contribution in [2.24, 2.45) is 11.7 Å². The number of hydrogen-bond donors (Lipinski definition) is 2. The lowest BCUT2D eigenvalue weighted by atomic mass is 9.93. The number of phenolic OH excluding ortho intramolecular Hbond substituents is 1. The summed E-state index contributed by atoms with van der Waals surface area (Å²) in [5.74, 6) is -1.07. The molecule has 6 nitrogen and oxygen atoms in total. The van der Waals surface area contributed by atoms with Gasteiger partial charge in [0.1, 0.15) is 11.8 Å². The molecule has 0 aliphatic heterocycles. The van der Waals surface area contributed by atoms with Crippen LogP contribution in [-0.2, 0) is 25.5 Å². The van der Waals surface area contributed by atoms with Crippen LogP contribution in [0.4, 0.5) is 0 Å². The fourth-order valence-corrected chi connectivity index (χ4v) is 2.04. The van der Waals surface area contributed by atoms with Crippen molar-refractivity contribution >= 4 is 24.3 Å². The Balaban J connectivity index is 0.00000441. The van der Waals surface area contributed by atoms with Crippen LogP contribution < -0.4 is 5.73 Å². The van der Waals surface area contributed by atoms with Crippen molar-refractivity contribution in [2.45, 2.75) is 25.3 Å². The molecule has 0 saturated carbocycles. The third-order valence-corrected chi connectivity index (χ3v) is 3.28. The number of carbonyl (C=O) groups is 2. The minimum absolute atomic E-state index is 0. The smallest absolute Gasteiger partial charge is 0.322 e. The number of nitrogens with two attached hydrogens (primary N) is 1. The van der Waals surface area contributed by atoms with Crippen LogP contribution in [0.25, 0.3) is 0 Å². The van der Waals surface area contributed by atoms with E-state index in [1.807, 2.05) is 0 Å². The van der Waals surface area contributed by atoms with E-state index in [1.165, 1.54) is 14.2 Å². The van der Waals surface area contributed by atoms with Crippen LogP contribution in [0.2, 0.25) is 0 Å². The van der Waals surface area contributed by atoms with E-state index in [9.17, 15) is 14.7 Å². The minimum Gasteiger partial charge on any atom is -0.508 e. The van der Waals surface area contributed by atoms with Crippen molar-refractivity contribution in [3.05, 3.63) is 29.8 Å². The Kier molecular flexibility index (Phi) is 9.21. The quantitative estimate of drug-likeness (QED) is 0.733. The number of ether oxygens (including phenoxy) is 2.